The van der Waals surface area contributed by atoms with Crippen molar-refractivity contribution in [2.45, 2.75) is 63.7 Å². The Bertz CT molecular complexity index is 586. The highest BCUT2D eigenvalue weighted by atomic mass is 16.5. The standard InChI is InChI=1S/C20H28N2O3/c1-14-6-8-15(9-7-14)20(23)22-13-18(19-17(22)5-3-11-24-19)25-16-4-2-10-21-12-16/h2,4,10,12,14-15,17-19H,3,5-9,11,13H2,1H3/t14?,15?,17-,18+,19+/m1/s1. The molecule has 1 aromatic heterocycles. The second-order valence-electron chi connectivity index (χ2n) is 7.84. The van der Waals surface area contributed by atoms with Crippen molar-refractivity contribution in [1.82, 2.24) is 9.88 Å². The second kappa shape index (κ2) is 7.32. The zero-order valence-electron chi connectivity index (χ0n) is 15.0. The first-order valence-corrected chi connectivity index (χ1v) is 9.71. The van der Waals surface area contributed by atoms with Gasteiger partial charge in [-0.25, -0.2) is 0 Å². The average Bonchev–Trinajstić information content (AvgIpc) is 3.01. The molecule has 25 heavy (non-hydrogen) atoms. The van der Waals surface area contributed by atoms with Crippen molar-refractivity contribution in [3.63, 3.8) is 0 Å². The number of likely N-dealkylation sites (tertiary alicyclic amines) is 1. The summed E-state index contributed by atoms with van der Waals surface area (Å²) in [4.78, 5) is 19.4. The lowest BCUT2D eigenvalue weighted by Crippen LogP contribution is -2.46. The van der Waals surface area contributed by atoms with Crippen molar-refractivity contribution in [1.29, 1.82) is 0 Å². The summed E-state index contributed by atoms with van der Waals surface area (Å²) in [6.45, 7) is 3.69. The first-order chi connectivity index (χ1) is 12.2. The summed E-state index contributed by atoms with van der Waals surface area (Å²) in [6.07, 6.45) is 9.80. The van der Waals surface area contributed by atoms with E-state index in [2.05, 4.69) is 16.8 Å². The molecule has 3 heterocycles. The third kappa shape index (κ3) is 3.52. The van der Waals surface area contributed by atoms with E-state index in [0.29, 0.717) is 12.5 Å². The van der Waals surface area contributed by atoms with Crippen molar-refractivity contribution >= 4 is 5.91 Å². The lowest BCUT2D eigenvalue weighted by Gasteiger charge is -2.35. The summed E-state index contributed by atoms with van der Waals surface area (Å²) in [6, 6.07) is 3.95. The molecule has 1 aliphatic carbocycles. The van der Waals surface area contributed by atoms with Crippen LogP contribution >= 0.6 is 0 Å². The van der Waals surface area contributed by atoms with E-state index in [-0.39, 0.29) is 24.2 Å². The number of aromatic nitrogens is 1. The molecular formula is C20H28N2O3. The molecule has 136 valence electrons. The van der Waals surface area contributed by atoms with Gasteiger partial charge in [-0.2, -0.15) is 0 Å². The van der Waals surface area contributed by atoms with Crippen LogP contribution in [0.15, 0.2) is 24.5 Å². The van der Waals surface area contributed by atoms with E-state index < -0.39 is 0 Å². The summed E-state index contributed by atoms with van der Waals surface area (Å²) in [7, 11) is 0. The van der Waals surface area contributed by atoms with Gasteiger partial charge < -0.3 is 14.4 Å². The molecule has 1 amide bonds. The van der Waals surface area contributed by atoms with E-state index in [1.165, 1.54) is 12.8 Å². The number of fused-ring (bicyclic) bond motifs is 1. The molecule has 0 unspecified atom stereocenters. The predicted molar refractivity (Wildman–Crippen MR) is 94.3 cm³/mol. The zero-order valence-corrected chi connectivity index (χ0v) is 15.0. The van der Waals surface area contributed by atoms with E-state index in [1.54, 1.807) is 12.4 Å². The van der Waals surface area contributed by atoms with Crippen molar-refractivity contribution in [2.75, 3.05) is 13.2 Å². The van der Waals surface area contributed by atoms with Crippen LogP contribution in [0.4, 0.5) is 0 Å². The van der Waals surface area contributed by atoms with E-state index >= 15 is 0 Å². The third-order valence-electron chi connectivity index (χ3n) is 6.05. The van der Waals surface area contributed by atoms with Gasteiger partial charge in [0.05, 0.1) is 18.8 Å². The van der Waals surface area contributed by atoms with Crippen LogP contribution in [0.5, 0.6) is 5.75 Å². The molecule has 0 radical (unpaired) electrons. The van der Waals surface area contributed by atoms with Crippen LogP contribution in [0.1, 0.15) is 45.4 Å². The van der Waals surface area contributed by atoms with Crippen LogP contribution < -0.4 is 4.74 Å². The van der Waals surface area contributed by atoms with Crippen molar-refractivity contribution in [3.05, 3.63) is 24.5 Å². The molecule has 0 aromatic carbocycles. The number of nitrogens with zero attached hydrogens (tertiary/aromatic N) is 2. The number of carbonyl (C=O) groups is 1. The topological polar surface area (TPSA) is 51.7 Å². The molecule has 2 saturated heterocycles. The fourth-order valence-electron chi connectivity index (χ4n) is 4.60. The fourth-order valence-corrected chi connectivity index (χ4v) is 4.60. The number of rotatable bonds is 3. The molecule has 1 saturated carbocycles. The van der Waals surface area contributed by atoms with Gasteiger partial charge in [0.15, 0.2) is 0 Å². The summed E-state index contributed by atoms with van der Waals surface area (Å²) in [5.74, 6) is 2.02. The smallest absolute Gasteiger partial charge is 0.226 e. The maximum atomic E-state index is 13.2. The van der Waals surface area contributed by atoms with E-state index in [9.17, 15) is 4.79 Å². The van der Waals surface area contributed by atoms with Crippen LogP contribution in [-0.2, 0) is 9.53 Å². The highest BCUT2D eigenvalue weighted by molar-refractivity contribution is 5.79. The number of carbonyl (C=O) groups excluding carboxylic acids is 1. The minimum atomic E-state index is -0.0963. The van der Waals surface area contributed by atoms with Gasteiger partial charge in [0, 0.05) is 18.7 Å². The summed E-state index contributed by atoms with van der Waals surface area (Å²) in [5.41, 5.74) is 0. The Balaban J connectivity index is 1.47. The molecule has 3 atom stereocenters. The maximum absolute atomic E-state index is 13.2. The summed E-state index contributed by atoms with van der Waals surface area (Å²) >= 11 is 0. The lowest BCUT2D eigenvalue weighted by molar-refractivity contribution is -0.140. The Morgan fingerprint density at radius 3 is 2.88 bits per heavy atom. The Labute approximate surface area is 149 Å². The quantitative estimate of drug-likeness (QED) is 0.846. The molecule has 3 aliphatic rings. The molecule has 5 nitrogen and oxygen atoms in total. The minimum Gasteiger partial charge on any atom is -0.484 e. The SMILES string of the molecule is CC1CCC(C(=O)N2C[C@H](Oc3cccnc3)[C@H]3OCCC[C@H]32)CC1. The Kier molecular flexibility index (Phi) is 4.93. The van der Waals surface area contributed by atoms with Gasteiger partial charge in [-0.3, -0.25) is 9.78 Å². The summed E-state index contributed by atoms with van der Waals surface area (Å²) in [5, 5.41) is 0. The van der Waals surface area contributed by atoms with Gasteiger partial charge in [0.2, 0.25) is 5.91 Å². The lowest BCUT2D eigenvalue weighted by atomic mass is 9.82. The maximum Gasteiger partial charge on any atom is 0.226 e. The normalized spacial score (nSPS) is 35.2. The number of hydrogen-bond donors (Lipinski definition) is 0. The van der Waals surface area contributed by atoms with E-state index in [4.69, 9.17) is 9.47 Å². The third-order valence-corrected chi connectivity index (χ3v) is 6.05. The number of pyridine rings is 1. The van der Waals surface area contributed by atoms with Crippen LogP contribution in [0.25, 0.3) is 0 Å². The first-order valence-electron chi connectivity index (χ1n) is 9.71. The molecule has 0 bridgehead atoms. The van der Waals surface area contributed by atoms with Gasteiger partial charge >= 0.3 is 0 Å². The number of amides is 1. The van der Waals surface area contributed by atoms with Crippen LogP contribution in [0.3, 0.4) is 0 Å². The zero-order chi connectivity index (χ0) is 17.2. The van der Waals surface area contributed by atoms with Crippen molar-refractivity contribution in [2.24, 2.45) is 11.8 Å². The fraction of sp³-hybridized carbons (Fsp3) is 0.700. The number of hydrogen-bond acceptors (Lipinski definition) is 4. The highest BCUT2D eigenvalue weighted by Gasteiger charge is 2.48. The highest BCUT2D eigenvalue weighted by Crippen LogP contribution is 2.36. The summed E-state index contributed by atoms with van der Waals surface area (Å²) < 4.78 is 12.2. The Hall–Kier alpha value is -1.62. The first kappa shape index (κ1) is 16.8. The van der Waals surface area contributed by atoms with Gasteiger partial charge in [-0.05, 0) is 56.6 Å². The molecule has 4 rings (SSSR count). The van der Waals surface area contributed by atoms with E-state index in [1.807, 2.05) is 12.1 Å². The molecule has 0 N–H and O–H groups in total. The van der Waals surface area contributed by atoms with Crippen LogP contribution in [0, 0.1) is 11.8 Å². The van der Waals surface area contributed by atoms with Gasteiger partial charge in [0.25, 0.3) is 0 Å². The van der Waals surface area contributed by atoms with Crippen LogP contribution in [-0.4, -0.2) is 47.2 Å². The van der Waals surface area contributed by atoms with E-state index in [0.717, 1.165) is 44.0 Å². The predicted octanol–water partition coefficient (Wildman–Crippen LogP) is 3.05. The van der Waals surface area contributed by atoms with Crippen LogP contribution in [0.2, 0.25) is 0 Å². The van der Waals surface area contributed by atoms with Gasteiger partial charge in [-0.15, -0.1) is 0 Å². The number of ether oxygens (including phenoxy) is 2. The van der Waals surface area contributed by atoms with Gasteiger partial charge in [-0.1, -0.05) is 6.92 Å². The largest absolute Gasteiger partial charge is 0.484 e. The monoisotopic (exact) mass is 344 g/mol. The molecule has 2 aliphatic heterocycles. The molecule has 3 fully saturated rings. The molecule has 5 heteroatoms. The Morgan fingerprint density at radius 1 is 1.28 bits per heavy atom. The second-order valence-corrected chi connectivity index (χ2v) is 7.84. The minimum absolute atomic E-state index is 0.0135. The van der Waals surface area contributed by atoms with Gasteiger partial charge in [0.1, 0.15) is 18.0 Å². The molecular weight excluding hydrogens is 316 g/mol. The molecule has 0 spiro atoms. The van der Waals surface area contributed by atoms with Crippen molar-refractivity contribution in [3.8, 4) is 5.75 Å². The average molecular weight is 344 g/mol. The Morgan fingerprint density at radius 2 is 2.12 bits per heavy atom. The van der Waals surface area contributed by atoms with Crippen molar-refractivity contribution < 1.29 is 14.3 Å². The molecule has 1 aromatic rings.